The topological polar surface area (TPSA) is 93.5 Å². The second-order valence-electron chi connectivity index (χ2n) is 2.88. The van der Waals surface area contributed by atoms with Crippen molar-refractivity contribution in [3.8, 4) is 17.2 Å². The maximum Gasteiger partial charge on any atom is 0.317 e. The largest absolute Gasteiger partial charge is 0.493 e. The van der Waals surface area contributed by atoms with Gasteiger partial charge in [0, 0.05) is 11.0 Å². The van der Waals surface area contributed by atoms with Crippen LogP contribution in [0.15, 0.2) is 23.3 Å². The molecule has 0 radical (unpaired) electrons. The molecule has 17 heavy (non-hydrogen) atoms. The van der Waals surface area contributed by atoms with E-state index < -0.39 is 5.97 Å². The van der Waals surface area contributed by atoms with E-state index in [9.17, 15) is 4.79 Å². The van der Waals surface area contributed by atoms with Gasteiger partial charge in [-0.05, 0) is 17.7 Å². The van der Waals surface area contributed by atoms with Crippen LogP contribution < -0.4 is 14.2 Å². The molecule has 0 N–H and O–H groups in total. The van der Waals surface area contributed by atoms with Gasteiger partial charge >= 0.3 is 5.97 Å². The molecule has 0 amide bonds. The molecule has 0 aromatic heterocycles. The van der Waals surface area contributed by atoms with Gasteiger partial charge in [-0.25, -0.2) is 0 Å². The Morgan fingerprint density at radius 3 is 2.65 bits per heavy atom. The van der Waals surface area contributed by atoms with Crippen molar-refractivity contribution in [1.82, 2.24) is 0 Å². The molecule has 0 aliphatic rings. The van der Waals surface area contributed by atoms with Crippen LogP contribution in [0.5, 0.6) is 17.2 Å². The second-order valence-corrected chi connectivity index (χ2v) is 2.88. The average molecular weight is 237 g/mol. The van der Waals surface area contributed by atoms with Crippen LogP contribution in [0, 0.1) is 0 Å². The third-order valence-electron chi connectivity index (χ3n) is 1.85. The van der Waals surface area contributed by atoms with E-state index in [4.69, 9.17) is 19.7 Å². The Bertz CT molecular complexity index is 455. The van der Waals surface area contributed by atoms with Crippen LogP contribution in [0.2, 0.25) is 0 Å². The van der Waals surface area contributed by atoms with Gasteiger partial charge < -0.3 is 14.2 Å². The summed E-state index contributed by atoms with van der Waals surface area (Å²) in [5.74, 6) is 0.625. The van der Waals surface area contributed by atoms with Crippen LogP contribution in [-0.4, -0.2) is 26.7 Å². The molecular weight excluding hydrogens is 226 g/mol. The normalized spacial score (nSPS) is 9.06. The summed E-state index contributed by atoms with van der Waals surface area (Å²) in [5, 5.41) is 3.09. The van der Waals surface area contributed by atoms with E-state index in [1.165, 1.54) is 20.3 Å². The van der Waals surface area contributed by atoms with Crippen LogP contribution in [0.1, 0.15) is 0 Å². The highest BCUT2D eigenvalue weighted by Crippen LogP contribution is 2.30. The van der Waals surface area contributed by atoms with Crippen LogP contribution in [0.4, 0.5) is 0 Å². The lowest BCUT2D eigenvalue weighted by atomic mass is 10.3. The Labute approximate surface area is 97.5 Å². The number of nitrogens with zero attached hydrogens (tertiary/aromatic N) is 3. The summed E-state index contributed by atoms with van der Waals surface area (Å²) in [5.41, 5.74) is 8.05. The summed E-state index contributed by atoms with van der Waals surface area (Å²) in [6.07, 6.45) is 0. The summed E-state index contributed by atoms with van der Waals surface area (Å²) in [6.45, 7) is -0.356. The summed E-state index contributed by atoms with van der Waals surface area (Å²) >= 11 is 0. The molecule has 0 spiro atoms. The highest BCUT2D eigenvalue weighted by molar-refractivity contribution is 5.74. The number of carbonyl (C=O) groups is 1. The van der Waals surface area contributed by atoms with E-state index in [0.29, 0.717) is 17.2 Å². The molecule has 0 saturated carbocycles. The molecule has 1 aromatic rings. The summed E-state index contributed by atoms with van der Waals surface area (Å²) < 4.78 is 15.0. The first-order chi connectivity index (χ1) is 8.21. The number of benzene rings is 1. The molecule has 90 valence electrons. The quantitative estimate of drug-likeness (QED) is 0.257. The standard InChI is InChI=1S/C10H11N3O4/c1-15-8-4-3-7(5-9(8)16-2)17-10(14)6-12-13-11/h3-5H,6H2,1-2H3. The van der Waals surface area contributed by atoms with E-state index in [2.05, 4.69) is 10.0 Å². The van der Waals surface area contributed by atoms with Gasteiger partial charge in [-0.2, -0.15) is 0 Å². The van der Waals surface area contributed by atoms with Gasteiger partial charge in [0.2, 0.25) is 0 Å². The zero-order valence-electron chi connectivity index (χ0n) is 9.41. The molecule has 0 atom stereocenters. The van der Waals surface area contributed by atoms with Gasteiger partial charge in [-0.1, -0.05) is 5.11 Å². The number of esters is 1. The fourth-order valence-electron chi connectivity index (χ4n) is 1.13. The molecule has 0 unspecified atom stereocenters. The Hall–Kier alpha value is -2.40. The Morgan fingerprint density at radius 1 is 1.35 bits per heavy atom. The third kappa shape index (κ3) is 3.58. The molecule has 0 heterocycles. The lowest BCUT2D eigenvalue weighted by molar-refractivity contribution is -0.132. The van der Waals surface area contributed by atoms with E-state index in [1.807, 2.05) is 0 Å². The number of hydrogen-bond acceptors (Lipinski definition) is 5. The fourth-order valence-corrected chi connectivity index (χ4v) is 1.13. The highest BCUT2D eigenvalue weighted by atomic mass is 16.5. The molecule has 1 aromatic carbocycles. The van der Waals surface area contributed by atoms with Gasteiger partial charge in [-0.15, -0.1) is 0 Å². The molecule has 0 bridgehead atoms. The molecule has 0 saturated heterocycles. The summed E-state index contributed by atoms with van der Waals surface area (Å²) in [4.78, 5) is 13.6. The number of hydrogen-bond donors (Lipinski definition) is 0. The number of methoxy groups -OCH3 is 2. The van der Waals surface area contributed by atoms with Crippen molar-refractivity contribution in [2.75, 3.05) is 20.8 Å². The SMILES string of the molecule is COc1ccc(OC(=O)CN=[N+]=[N-])cc1OC. The van der Waals surface area contributed by atoms with Crippen molar-refractivity contribution in [3.63, 3.8) is 0 Å². The molecule has 0 aliphatic heterocycles. The van der Waals surface area contributed by atoms with Crippen molar-refractivity contribution in [3.05, 3.63) is 28.6 Å². The molecule has 0 fully saturated rings. The summed E-state index contributed by atoms with van der Waals surface area (Å²) in [6, 6.07) is 4.66. The van der Waals surface area contributed by atoms with E-state index >= 15 is 0 Å². The Morgan fingerprint density at radius 2 is 2.06 bits per heavy atom. The molecule has 7 heteroatoms. The number of carbonyl (C=O) groups excluding carboxylic acids is 1. The monoisotopic (exact) mass is 237 g/mol. The second kappa shape index (κ2) is 6.24. The maximum atomic E-state index is 11.2. The number of rotatable bonds is 5. The van der Waals surface area contributed by atoms with Gasteiger partial charge in [-0.3, -0.25) is 4.79 Å². The Kier molecular flexibility index (Phi) is 4.65. The van der Waals surface area contributed by atoms with E-state index in [0.717, 1.165) is 0 Å². The average Bonchev–Trinajstić information content (AvgIpc) is 2.36. The molecule has 7 nitrogen and oxygen atoms in total. The predicted octanol–water partition coefficient (Wildman–Crippen LogP) is 1.92. The highest BCUT2D eigenvalue weighted by Gasteiger charge is 2.08. The van der Waals surface area contributed by atoms with Crippen LogP contribution in [0.25, 0.3) is 10.4 Å². The third-order valence-corrected chi connectivity index (χ3v) is 1.85. The van der Waals surface area contributed by atoms with Crippen molar-refractivity contribution in [2.24, 2.45) is 5.11 Å². The van der Waals surface area contributed by atoms with E-state index in [-0.39, 0.29) is 6.54 Å². The lowest BCUT2D eigenvalue weighted by Crippen LogP contribution is -2.10. The summed E-state index contributed by atoms with van der Waals surface area (Å²) in [7, 11) is 2.98. The van der Waals surface area contributed by atoms with Gasteiger partial charge in [0.15, 0.2) is 11.5 Å². The smallest absolute Gasteiger partial charge is 0.317 e. The maximum absolute atomic E-state index is 11.2. The number of ether oxygens (including phenoxy) is 3. The van der Waals surface area contributed by atoms with Crippen molar-refractivity contribution >= 4 is 5.97 Å². The van der Waals surface area contributed by atoms with E-state index in [1.54, 1.807) is 12.1 Å². The first-order valence-corrected chi connectivity index (χ1v) is 4.64. The predicted molar refractivity (Wildman–Crippen MR) is 59.2 cm³/mol. The van der Waals surface area contributed by atoms with Gasteiger partial charge in [0.05, 0.1) is 14.2 Å². The minimum Gasteiger partial charge on any atom is -0.493 e. The van der Waals surface area contributed by atoms with Crippen LogP contribution in [0.3, 0.4) is 0 Å². The van der Waals surface area contributed by atoms with Crippen LogP contribution in [-0.2, 0) is 4.79 Å². The first-order valence-electron chi connectivity index (χ1n) is 4.64. The minimum absolute atomic E-state index is 0.292. The molecule has 1 rings (SSSR count). The first kappa shape index (κ1) is 12.7. The molecular formula is C10H11N3O4. The van der Waals surface area contributed by atoms with Crippen molar-refractivity contribution in [2.45, 2.75) is 0 Å². The molecule has 0 aliphatic carbocycles. The fraction of sp³-hybridized carbons (Fsp3) is 0.300. The minimum atomic E-state index is -0.644. The zero-order chi connectivity index (χ0) is 12.7. The Balaban J connectivity index is 2.78. The van der Waals surface area contributed by atoms with Crippen molar-refractivity contribution in [1.29, 1.82) is 0 Å². The van der Waals surface area contributed by atoms with Crippen molar-refractivity contribution < 1.29 is 19.0 Å². The van der Waals surface area contributed by atoms with Gasteiger partial charge in [0.1, 0.15) is 12.3 Å². The van der Waals surface area contributed by atoms with Gasteiger partial charge in [0.25, 0.3) is 0 Å². The number of azide groups is 1. The zero-order valence-corrected chi connectivity index (χ0v) is 9.41. The lowest BCUT2D eigenvalue weighted by Gasteiger charge is -2.09. The van der Waals surface area contributed by atoms with Crippen LogP contribution >= 0.6 is 0 Å².